The summed E-state index contributed by atoms with van der Waals surface area (Å²) in [6.07, 6.45) is 7.14. The molecule has 1 aliphatic rings. The summed E-state index contributed by atoms with van der Waals surface area (Å²) in [5, 5.41) is 14.1. The molecule has 1 atom stereocenters. The Morgan fingerprint density at radius 1 is 1.31 bits per heavy atom. The molecule has 1 aliphatic carbocycles. The van der Waals surface area contributed by atoms with Crippen molar-refractivity contribution < 1.29 is 5.11 Å². The molecule has 1 fully saturated rings. The van der Waals surface area contributed by atoms with E-state index in [4.69, 9.17) is 0 Å². The predicted molar refractivity (Wildman–Crippen MR) is 72.1 cm³/mol. The molecule has 0 bridgehead atoms. The number of hydrogen-bond donors (Lipinski definition) is 2. The van der Waals surface area contributed by atoms with Crippen LogP contribution >= 0.6 is 11.8 Å². The number of aliphatic hydroxyl groups is 1. The zero-order valence-electron chi connectivity index (χ0n) is 10.8. The highest BCUT2D eigenvalue weighted by Crippen LogP contribution is 2.26. The van der Waals surface area contributed by atoms with E-state index in [1.165, 1.54) is 25.7 Å². The lowest BCUT2D eigenvalue weighted by Gasteiger charge is -2.29. The maximum absolute atomic E-state index is 9.74. The molecule has 0 aromatic rings. The quantitative estimate of drug-likeness (QED) is 0.737. The van der Waals surface area contributed by atoms with Crippen LogP contribution in [0.3, 0.4) is 0 Å². The summed E-state index contributed by atoms with van der Waals surface area (Å²) in [6, 6.07) is 0.625. The highest BCUT2D eigenvalue weighted by atomic mass is 32.2. The number of nitrogens with one attached hydrogen (secondary N) is 1. The van der Waals surface area contributed by atoms with Gasteiger partial charge < -0.3 is 15.3 Å². The lowest BCUT2D eigenvalue weighted by atomic mass is 9.95. The minimum atomic E-state index is -0.242. The first-order chi connectivity index (χ1) is 7.61. The smallest absolute Gasteiger partial charge is 0.0791 e. The molecule has 1 saturated carbocycles. The van der Waals surface area contributed by atoms with Crippen LogP contribution in [0.1, 0.15) is 25.7 Å². The number of rotatable bonds is 6. The molecule has 0 aromatic heterocycles. The summed E-state index contributed by atoms with van der Waals surface area (Å²) in [5.74, 6) is 0. The summed E-state index contributed by atoms with van der Waals surface area (Å²) in [4.78, 5) is 2.02. The first-order valence-corrected chi connectivity index (χ1v) is 7.49. The molecule has 0 saturated heterocycles. The van der Waals surface area contributed by atoms with Crippen LogP contribution in [0, 0.1) is 0 Å². The molecular weight excluding hydrogens is 220 g/mol. The fourth-order valence-corrected chi connectivity index (χ4v) is 3.03. The fraction of sp³-hybridized carbons (Fsp3) is 1.00. The summed E-state index contributed by atoms with van der Waals surface area (Å²) in [6.45, 7) is 1.47. The first kappa shape index (κ1) is 14.3. The third-order valence-electron chi connectivity index (χ3n) is 3.23. The number of nitrogens with zero attached hydrogens (tertiary/aromatic N) is 1. The SMILES string of the molecule is CSC1CCC(NCC(O)CN(C)C)CC1. The molecule has 3 nitrogen and oxygen atoms in total. The Hall–Kier alpha value is 0.230. The molecular formula is C12H26N2OS. The fourth-order valence-electron chi connectivity index (χ4n) is 2.29. The van der Waals surface area contributed by atoms with Crippen LogP contribution in [0.4, 0.5) is 0 Å². The normalized spacial score (nSPS) is 28.3. The largest absolute Gasteiger partial charge is 0.390 e. The third-order valence-corrected chi connectivity index (χ3v) is 4.36. The summed E-state index contributed by atoms with van der Waals surface area (Å²) in [5.41, 5.74) is 0. The molecule has 16 heavy (non-hydrogen) atoms. The van der Waals surface area contributed by atoms with Crippen LogP contribution in [0.5, 0.6) is 0 Å². The van der Waals surface area contributed by atoms with E-state index in [0.717, 1.165) is 18.3 Å². The number of hydrogen-bond acceptors (Lipinski definition) is 4. The molecule has 4 heteroatoms. The van der Waals surface area contributed by atoms with Crippen LogP contribution in [0.2, 0.25) is 0 Å². The topological polar surface area (TPSA) is 35.5 Å². The lowest BCUT2D eigenvalue weighted by molar-refractivity contribution is 0.129. The predicted octanol–water partition coefficient (Wildman–Crippen LogP) is 1.17. The van der Waals surface area contributed by atoms with Crippen molar-refractivity contribution in [3.63, 3.8) is 0 Å². The van der Waals surface area contributed by atoms with Gasteiger partial charge in [0.05, 0.1) is 6.10 Å². The second-order valence-corrected chi connectivity index (χ2v) is 6.17. The van der Waals surface area contributed by atoms with E-state index >= 15 is 0 Å². The Bertz CT molecular complexity index is 182. The van der Waals surface area contributed by atoms with Crippen molar-refractivity contribution in [2.45, 2.75) is 43.1 Å². The molecule has 0 spiro atoms. The average Bonchev–Trinajstić information content (AvgIpc) is 2.26. The van der Waals surface area contributed by atoms with Crippen LogP contribution in [-0.2, 0) is 0 Å². The molecule has 1 rings (SSSR count). The van der Waals surface area contributed by atoms with Crippen molar-refractivity contribution in [2.24, 2.45) is 0 Å². The summed E-state index contributed by atoms with van der Waals surface area (Å²) >= 11 is 2.00. The summed E-state index contributed by atoms with van der Waals surface area (Å²) in [7, 11) is 3.99. The van der Waals surface area contributed by atoms with Gasteiger partial charge in [-0.2, -0.15) is 11.8 Å². The van der Waals surface area contributed by atoms with Gasteiger partial charge in [0.1, 0.15) is 0 Å². The van der Waals surface area contributed by atoms with E-state index in [1.807, 2.05) is 30.8 Å². The van der Waals surface area contributed by atoms with Gasteiger partial charge in [0.2, 0.25) is 0 Å². The van der Waals surface area contributed by atoms with E-state index in [9.17, 15) is 5.11 Å². The molecule has 0 radical (unpaired) electrons. The van der Waals surface area contributed by atoms with Crippen LogP contribution < -0.4 is 5.32 Å². The van der Waals surface area contributed by atoms with E-state index in [0.29, 0.717) is 6.04 Å². The van der Waals surface area contributed by atoms with Gasteiger partial charge in [-0.25, -0.2) is 0 Å². The van der Waals surface area contributed by atoms with E-state index < -0.39 is 0 Å². The van der Waals surface area contributed by atoms with Gasteiger partial charge in [-0.15, -0.1) is 0 Å². The molecule has 0 aromatic carbocycles. The first-order valence-electron chi connectivity index (χ1n) is 6.20. The zero-order valence-corrected chi connectivity index (χ0v) is 11.6. The van der Waals surface area contributed by atoms with Gasteiger partial charge >= 0.3 is 0 Å². The lowest BCUT2D eigenvalue weighted by Crippen LogP contribution is -2.41. The Morgan fingerprint density at radius 2 is 1.94 bits per heavy atom. The van der Waals surface area contributed by atoms with Gasteiger partial charge in [0.25, 0.3) is 0 Å². The minimum Gasteiger partial charge on any atom is -0.390 e. The standard InChI is InChI=1S/C12H26N2OS/c1-14(2)9-11(15)8-13-10-4-6-12(16-3)7-5-10/h10-13,15H,4-9H2,1-3H3. The third kappa shape index (κ3) is 5.53. The van der Waals surface area contributed by atoms with Gasteiger partial charge in [-0.05, 0) is 46.0 Å². The van der Waals surface area contributed by atoms with Crippen LogP contribution in [0.25, 0.3) is 0 Å². The molecule has 96 valence electrons. The van der Waals surface area contributed by atoms with E-state index in [1.54, 1.807) is 0 Å². The second kappa shape index (κ2) is 7.54. The highest BCUT2D eigenvalue weighted by Gasteiger charge is 2.20. The van der Waals surface area contributed by atoms with Gasteiger partial charge in [-0.1, -0.05) is 0 Å². The molecule has 1 unspecified atom stereocenters. The second-order valence-electron chi connectivity index (χ2n) is 5.03. The highest BCUT2D eigenvalue weighted by molar-refractivity contribution is 7.99. The molecule has 0 aliphatic heterocycles. The Balaban J connectivity index is 2.10. The minimum absolute atomic E-state index is 0.242. The van der Waals surface area contributed by atoms with Crippen molar-refractivity contribution >= 4 is 11.8 Å². The van der Waals surface area contributed by atoms with Crippen molar-refractivity contribution in [1.82, 2.24) is 10.2 Å². The van der Waals surface area contributed by atoms with Gasteiger partial charge in [0, 0.05) is 24.4 Å². The van der Waals surface area contributed by atoms with Crippen molar-refractivity contribution in [3.8, 4) is 0 Å². The van der Waals surface area contributed by atoms with E-state index in [2.05, 4.69) is 11.6 Å². The zero-order chi connectivity index (χ0) is 12.0. The number of thioether (sulfide) groups is 1. The maximum atomic E-state index is 9.74. The summed E-state index contributed by atoms with van der Waals surface area (Å²) < 4.78 is 0. The van der Waals surface area contributed by atoms with Gasteiger partial charge in [-0.3, -0.25) is 0 Å². The van der Waals surface area contributed by atoms with E-state index in [-0.39, 0.29) is 6.10 Å². The van der Waals surface area contributed by atoms with Crippen molar-refractivity contribution in [1.29, 1.82) is 0 Å². The van der Waals surface area contributed by atoms with Crippen LogP contribution in [-0.4, -0.2) is 60.8 Å². The number of likely N-dealkylation sites (N-methyl/N-ethyl adjacent to an activating group) is 1. The molecule has 2 N–H and O–H groups in total. The molecule has 0 amide bonds. The number of aliphatic hydroxyl groups excluding tert-OH is 1. The maximum Gasteiger partial charge on any atom is 0.0791 e. The average molecular weight is 246 g/mol. The Morgan fingerprint density at radius 3 is 2.44 bits per heavy atom. The van der Waals surface area contributed by atoms with Crippen LogP contribution in [0.15, 0.2) is 0 Å². The van der Waals surface area contributed by atoms with Crippen molar-refractivity contribution in [2.75, 3.05) is 33.4 Å². The Kier molecular flexibility index (Phi) is 6.73. The Labute approximate surface area is 104 Å². The van der Waals surface area contributed by atoms with Crippen molar-refractivity contribution in [3.05, 3.63) is 0 Å². The molecule has 0 heterocycles. The van der Waals surface area contributed by atoms with Gasteiger partial charge in [0.15, 0.2) is 0 Å². The monoisotopic (exact) mass is 246 g/mol.